The third-order valence-electron chi connectivity index (χ3n) is 3.33. The summed E-state index contributed by atoms with van der Waals surface area (Å²) in [6, 6.07) is 0. The lowest BCUT2D eigenvalue weighted by molar-refractivity contribution is -0.139. The highest BCUT2D eigenvalue weighted by atomic mass is 16.2. The molecule has 0 aliphatic carbocycles. The van der Waals surface area contributed by atoms with Crippen LogP contribution in [0.4, 0.5) is 0 Å². The summed E-state index contributed by atoms with van der Waals surface area (Å²) in [5, 5.41) is 0. The first-order chi connectivity index (χ1) is 7.15. The van der Waals surface area contributed by atoms with Gasteiger partial charge in [0.1, 0.15) is 5.78 Å². The lowest BCUT2D eigenvalue weighted by Crippen LogP contribution is -2.42. The van der Waals surface area contributed by atoms with E-state index >= 15 is 0 Å². The van der Waals surface area contributed by atoms with Crippen molar-refractivity contribution in [3.63, 3.8) is 0 Å². The summed E-state index contributed by atoms with van der Waals surface area (Å²) in [4.78, 5) is 26.8. The first-order valence-electron chi connectivity index (χ1n) is 5.63. The maximum Gasteiger partial charge on any atom is 0.230 e. The van der Waals surface area contributed by atoms with Gasteiger partial charge in [0.2, 0.25) is 5.91 Å². The Bertz CT molecular complexity index is 278. The number of likely N-dealkylation sites (tertiary alicyclic amines) is 2. The van der Waals surface area contributed by atoms with Crippen LogP contribution in [0.15, 0.2) is 0 Å². The van der Waals surface area contributed by atoms with Gasteiger partial charge in [-0.3, -0.25) is 9.59 Å². The first kappa shape index (κ1) is 10.6. The molecule has 15 heavy (non-hydrogen) atoms. The van der Waals surface area contributed by atoms with Crippen molar-refractivity contribution >= 4 is 11.7 Å². The molecule has 2 saturated heterocycles. The normalized spacial score (nSPS) is 28.9. The molecule has 2 fully saturated rings. The van der Waals surface area contributed by atoms with Crippen LogP contribution in [0.1, 0.15) is 19.3 Å². The fraction of sp³-hybridized carbons (Fsp3) is 0.818. The predicted octanol–water partition coefficient (Wildman–Crippen LogP) is 0.130. The Morgan fingerprint density at radius 2 is 2.13 bits per heavy atom. The molecule has 0 radical (unpaired) electrons. The number of piperidine rings is 1. The predicted molar refractivity (Wildman–Crippen MR) is 56.4 cm³/mol. The van der Waals surface area contributed by atoms with Crippen molar-refractivity contribution in [1.29, 1.82) is 0 Å². The van der Waals surface area contributed by atoms with E-state index in [1.807, 2.05) is 4.90 Å². The molecule has 1 amide bonds. The smallest absolute Gasteiger partial charge is 0.230 e. The molecule has 4 nitrogen and oxygen atoms in total. The molecule has 0 bridgehead atoms. The Labute approximate surface area is 90.2 Å². The molecular formula is C11H18N2O2. The standard InChI is InChI=1S/C11H18N2O2/c1-12-4-2-9(7-12)8-13-5-3-10(14)6-11(13)15/h9H,2-8H2,1H3. The van der Waals surface area contributed by atoms with Gasteiger partial charge in [-0.25, -0.2) is 0 Å². The van der Waals surface area contributed by atoms with Crippen molar-refractivity contribution in [3.05, 3.63) is 0 Å². The van der Waals surface area contributed by atoms with Crippen LogP contribution in [0, 0.1) is 5.92 Å². The summed E-state index contributed by atoms with van der Waals surface area (Å²) in [6.07, 6.45) is 1.85. The highest BCUT2D eigenvalue weighted by Crippen LogP contribution is 2.18. The molecule has 0 aromatic heterocycles. The van der Waals surface area contributed by atoms with E-state index in [0.29, 0.717) is 18.9 Å². The molecule has 0 N–H and O–H groups in total. The second-order valence-corrected chi connectivity index (χ2v) is 4.72. The number of Topliss-reactive ketones (excluding diaryl/α,β-unsaturated/α-hetero) is 1. The summed E-state index contributed by atoms with van der Waals surface area (Å²) in [5.74, 6) is 0.729. The molecule has 0 aromatic rings. The van der Waals surface area contributed by atoms with E-state index in [0.717, 1.165) is 19.6 Å². The van der Waals surface area contributed by atoms with Crippen LogP contribution in [-0.4, -0.2) is 54.7 Å². The van der Waals surface area contributed by atoms with Crippen LogP contribution >= 0.6 is 0 Å². The zero-order valence-corrected chi connectivity index (χ0v) is 9.24. The number of carbonyl (C=O) groups excluding carboxylic acids is 2. The topological polar surface area (TPSA) is 40.6 Å². The lowest BCUT2D eigenvalue weighted by atomic mass is 10.0. The van der Waals surface area contributed by atoms with Crippen molar-refractivity contribution in [2.45, 2.75) is 19.3 Å². The molecule has 2 aliphatic heterocycles. The van der Waals surface area contributed by atoms with Gasteiger partial charge < -0.3 is 9.80 Å². The second-order valence-electron chi connectivity index (χ2n) is 4.72. The molecule has 2 aliphatic rings. The summed E-state index contributed by atoms with van der Waals surface area (Å²) >= 11 is 0. The Morgan fingerprint density at radius 3 is 2.73 bits per heavy atom. The van der Waals surface area contributed by atoms with Gasteiger partial charge >= 0.3 is 0 Å². The van der Waals surface area contributed by atoms with E-state index in [-0.39, 0.29) is 18.1 Å². The maximum atomic E-state index is 11.6. The molecule has 4 heteroatoms. The van der Waals surface area contributed by atoms with Crippen LogP contribution in [-0.2, 0) is 9.59 Å². The molecule has 2 rings (SSSR count). The van der Waals surface area contributed by atoms with Crippen LogP contribution < -0.4 is 0 Å². The van der Waals surface area contributed by atoms with E-state index in [2.05, 4.69) is 11.9 Å². The fourth-order valence-corrected chi connectivity index (χ4v) is 2.43. The van der Waals surface area contributed by atoms with Crippen molar-refractivity contribution in [3.8, 4) is 0 Å². The average Bonchev–Trinajstić information content (AvgIpc) is 2.56. The van der Waals surface area contributed by atoms with E-state index in [1.165, 1.54) is 6.42 Å². The Balaban J connectivity index is 1.84. The van der Waals surface area contributed by atoms with E-state index in [9.17, 15) is 9.59 Å². The van der Waals surface area contributed by atoms with Gasteiger partial charge in [-0.15, -0.1) is 0 Å². The number of ketones is 1. The average molecular weight is 210 g/mol. The zero-order chi connectivity index (χ0) is 10.8. The number of hydrogen-bond acceptors (Lipinski definition) is 3. The highest BCUT2D eigenvalue weighted by molar-refractivity contribution is 6.00. The molecule has 2 heterocycles. The minimum atomic E-state index is 0.0285. The molecule has 0 spiro atoms. The zero-order valence-electron chi connectivity index (χ0n) is 9.24. The lowest BCUT2D eigenvalue weighted by Gasteiger charge is -2.28. The van der Waals surface area contributed by atoms with Crippen LogP contribution in [0.2, 0.25) is 0 Å². The quantitative estimate of drug-likeness (QED) is 0.608. The molecule has 0 saturated carbocycles. The van der Waals surface area contributed by atoms with Gasteiger partial charge in [-0.2, -0.15) is 0 Å². The summed E-state index contributed by atoms with van der Waals surface area (Å²) in [5.41, 5.74) is 0. The third kappa shape index (κ3) is 2.56. The first-order valence-corrected chi connectivity index (χ1v) is 5.63. The SMILES string of the molecule is CN1CCC(CN2CCC(=O)CC2=O)C1. The minimum absolute atomic E-state index is 0.0285. The summed E-state index contributed by atoms with van der Waals surface area (Å²) in [6.45, 7) is 3.69. The van der Waals surface area contributed by atoms with E-state index in [1.54, 1.807) is 0 Å². The number of rotatable bonds is 2. The number of carbonyl (C=O) groups is 2. The number of nitrogens with zero attached hydrogens (tertiary/aromatic N) is 2. The van der Waals surface area contributed by atoms with Gasteiger partial charge in [0, 0.05) is 26.1 Å². The van der Waals surface area contributed by atoms with Crippen LogP contribution in [0.5, 0.6) is 0 Å². The van der Waals surface area contributed by atoms with Gasteiger partial charge in [-0.05, 0) is 25.9 Å². The van der Waals surface area contributed by atoms with Gasteiger partial charge in [0.25, 0.3) is 0 Å². The largest absolute Gasteiger partial charge is 0.342 e. The molecule has 1 unspecified atom stereocenters. The van der Waals surface area contributed by atoms with E-state index < -0.39 is 0 Å². The minimum Gasteiger partial charge on any atom is -0.342 e. The van der Waals surface area contributed by atoms with Crippen molar-refractivity contribution in [1.82, 2.24) is 9.80 Å². The Hall–Kier alpha value is -0.900. The van der Waals surface area contributed by atoms with E-state index in [4.69, 9.17) is 0 Å². The molecule has 1 atom stereocenters. The van der Waals surface area contributed by atoms with Crippen molar-refractivity contribution < 1.29 is 9.59 Å². The molecular weight excluding hydrogens is 192 g/mol. The number of hydrogen-bond donors (Lipinski definition) is 0. The summed E-state index contributed by atoms with van der Waals surface area (Å²) < 4.78 is 0. The fourth-order valence-electron chi connectivity index (χ4n) is 2.43. The number of amides is 1. The Kier molecular flexibility index (Phi) is 3.05. The van der Waals surface area contributed by atoms with Gasteiger partial charge in [0.05, 0.1) is 6.42 Å². The maximum absolute atomic E-state index is 11.6. The van der Waals surface area contributed by atoms with Crippen molar-refractivity contribution in [2.24, 2.45) is 5.92 Å². The van der Waals surface area contributed by atoms with Gasteiger partial charge in [0.15, 0.2) is 0 Å². The monoisotopic (exact) mass is 210 g/mol. The second kappa shape index (κ2) is 4.31. The third-order valence-corrected chi connectivity index (χ3v) is 3.33. The summed E-state index contributed by atoms with van der Waals surface area (Å²) in [7, 11) is 2.11. The van der Waals surface area contributed by atoms with Gasteiger partial charge in [-0.1, -0.05) is 0 Å². The molecule has 84 valence electrons. The molecule has 0 aromatic carbocycles. The Morgan fingerprint density at radius 1 is 1.33 bits per heavy atom. The highest BCUT2D eigenvalue weighted by Gasteiger charge is 2.28. The van der Waals surface area contributed by atoms with Crippen LogP contribution in [0.3, 0.4) is 0 Å². The van der Waals surface area contributed by atoms with Crippen LogP contribution in [0.25, 0.3) is 0 Å². The van der Waals surface area contributed by atoms with Crippen molar-refractivity contribution in [2.75, 3.05) is 33.2 Å².